The van der Waals surface area contributed by atoms with Crippen LogP contribution in [0.2, 0.25) is 0 Å². The Kier molecular flexibility index (Phi) is 6.93. The number of sulfone groups is 1. The van der Waals surface area contributed by atoms with E-state index in [9.17, 15) is 18.3 Å². The number of amides is 1. The summed E-state index contributed by atoms with van der Waals surface area (Å²) in [5, 5.41) is 12.5. The molecule has 0 aliphatic rings. The normalized spacial score (nSPS) is 11.5. The van der Waals surface area contributed by atoms with E-state index in [1.54, 1.807) is 6.07 Å². The van der Waals surface area contributed by atoms with Crippen LogP contribution in [0.1, 0.15) is 54.1 Å². The molecule has 1 aromatic heterocycles. The first-order valence-electron chi connectivity index (χ1n) is 10.3. The standard InChI is InChI=1S/C24H27NO6S/c1-5-32(28,29)18-8-10-21(26)20(13-18)25-24(27)22-11-7-17(31-22)14-30-23-12-16(4)6-9-19(23)15(2)3/h6-13,15,26H,5,14H2,1-4H3,(H,25,27). The first-order chi connectivity index (χ1) is 15.1. The number of rotatable bonds is 8. The SMILES string of the molecule is CCS(=O)(=O)c1ccc(O)c(NC(=O)c2ccc(COc3cc(C)ccc3C(C)C)o2)c1. The number of carbonyl (C=O) groups is 1. The van der Waals surface area contributed by atoms with Gasteiger partial charge in [-0.15, -0.1) is 0 Å². The Labute approximate surface area is 188 Å². The molecule has 0 radical (unpaired) electrons. The van der Waals surface area contributed by atoms with Crippen molar-refractivity contribution < 1.29 is 27.5 Å². The molecule has 0 saturated carbocycles. The predicted molar refractivity (Wildman–Crippen MR) is 122 cm³/mol. The van der Waals surface area contributed by atoms with Crippen molar-refractivity contribution in [1.82, 2.24) is 0 Å². The largest absolute Gasteiger partial charge is 0.506 e. The minimum atomic E-state index is -3.48. The van der Waals surface area contributed by atoms with Crippen LogP contribution in [0, 0.1) is 6.92 Å². The van der Waals surface area contributed by atoms with E-state index >= 15 is 0 Å². The van der Waals surface area contributed by atoms with Gasteiger partial charge in [0.25, 0.3) is 5.91 Å². The summed E-state index contributed by atoms with van der Waals surface area (Å²) in [6.45, 7) is 7.83. The molecule has 0 fully saturated rings. The molecule has 0 spiro atoms. The highest BCUT2D eigenvalue weighted by atomic mass is 32.2. The van der Waals surface area contributed by atoms with Crippen LogP contribution in [0.3, 0.4) is 0 Å². The molecule has 32 heavy (non-hydrogen) atoms. The number of nitrogens with one attached hydrogen (secondary N) is 1. The minimum absolute atomic E-state index is 0.0138. The number of aryl methyl sites for hydroxylation is 1. The van der Waals surface area contributed by atoms with E-state index in [-0.39, 0.29) is 34.5 Å². The summed E-state index contributed by atoms with van der Waals surface area (Å²) in [5.74, 6) is 0.578. The number of anilines is 1. The van der Waals surface area contributed by atoms with Gasteiger partial charge >= 0.3 is 0 Å². The van der Waals surface area contributed by atoms with Crippen LogP contribution in [0.4, 0.5) is 5.69 Å². The number of carbonyl (C=O) groups excluding carboxylic acids is 1. The molecule has 0 bridgehead atoms. The summed E-state index contributed by atoms with van der Waals surface area (Å²) in [5.41, 5.74) is 2.15. The highest BCUT2D eigenvalue weighted by molar-refractivity contribution is 7.91. The molecular formula is C24H27NO6S. The first-order valence-corrected chi connectivity index (χ1v) is 11.9. The van der Waals surface area contributed by atoms with Crippen molar-refractivity contribution in [2.24, 2.45) is 0 Å². The van der Waals surface area contributed by atoms with Gasteiger partial charge in [0.1, 0.15) is 23.9 Å². The molecule has 0 aliphatic heterocycles. The number of phenols is 1. The van der Waals surface area contributed by atoms with Crippen LogP contribution >= 0.6 is 0 Å². The van der Waals surface area contributed by atoms with E-state index in [0.717, 1.165) is 16.9 Å². The Bertz CT molecular complexity index is 1230. The van der Waals surface area contributed by atoms with Crippen LogP contribution in [0.5, 0.6) is 11.5 Å². The molecule has 0 atom stereocenters. The van der Waals surface area contributed by atoms with E-state index in [0.29, 0.717) is 11.7 Å². The predicted octanol–water partition coefficient (Wildman–Crippen LogP) is 5.04. The lowest BCUT2D eigenvalue weighted by Gasteiger charge is -2.14. The molecule has 2 N–H and O–H groups in total. The van der Waals surface area contributed by atoms with Crippen LogP contribution in [-0.4, -0.2) is 25.2 Å². The van der Waals surface area contributed by atoms with E-state index in [2.05, 4.69) is 19.2 Å². The van der Waals surface area contributed by atoms with Gasteiger partial charge in [-0.1, -0.05) is 32.9 Å². The lowest BCUT2D eigenvalue weighted by Crippen LogP contribution is -2.12. The Balaban J connectivity index is 1.72. The smallest absolute Gasteiger partial charge is 0.291 e. The van der Waals surface area contributed by atoms with Crippen molar-refractivity contribution in [3.05, 3.63) is 71.2 Å². The molecule has 0 aliphatic carbocycles. The molecule has 170 valence electrons. The van der Waals surface area contributed by atoms with E-state index in [1.165, 1.54) is 31.2 Å². The summed E-state index contributed by atoms with van der Waals surface area (Å²) < 4.78 is 35.7. The summed E-state index contributed by atoms with van der Waals surface area (Å²) in [6, 6.07) is 12.9. The number of hydrogen-bond donors (Lipinski definition) is 2. The number of benzene rings is 2. The average molecular weight is 458 g/mol. The summed E-state index contributed by atoms with van der Waals surface area (Å²) in [4.78, 5) is 12.6. The second kappa shape index (κ2) is 9.48. The fourth-order valence-electron chi connectivity index (χ4n) is 3.13. The third kappa shape index (κ3) is 5.31. The second-order valence-electron chi connectivity index (χ2n) is 7.79. The maximum atomic E-state index is 12.6. The van der Waals surface area contributed by atoms with E-state index < -0.39 is 15.7 Å². The topological polar surface area (TPSA) is 106 Å². The maximum absolute atomic E-state index is 12.6. The third-order valence-corrected chi connectivity index (χ3v) is 6.73. The summed E-state index contributed by atoms with van der Waals surface area (Å²) in [6.07, 6.45) is 0. The van der Waals surface area contributed by atoms with Gasteiger partial charge in [0.15, 0.2) is 15.6 Å². The van der Waals surface area contributed by atoms with Crippen molar-refractivity contribution in [1.29, 1.82) is 0 Å². The molecule has 0 unspecified atom stereocenters. The number of aromatic hydroxyl groups is 1. The van der Waals surface area contributed by atoms with Gasteiger partial charge < -0.3 is 19.6 Å². The molecule has 3 rings (SSSR count). The zero-order valence-electron chi connectivity index (χ0n) is 18.5. The zero-order chi connectivity index (χ0) is 23.5. The summed E-state index contributed by atoms with van der Waals surface area (Å²) in [7, 11) is -3.48. The third-order valence-electron chi connectivity index (χ3n) is 5.00. The quantitative estimate of drug-likeness (QED) is 0.459. The minimum Gasteiger partial charge on any atom is -0.506 e. The van der Waals surface area contributed by atoms with Gasteiger partial charge in [-0.2, -0.15) is 0 Å². The highest BCUT2D eigenvalue weighted by Gasteiger charge is 2.18. The van der Waals surface area contributed by atoms with Crippen LogP contribution in [0.25, 0.3) is 0 Å². The molecular weight excluding hydrogens is 430 g/mol. The number of ether oxygens (including phenoxy) is 1. The number of hydrogen-bond acceptors (Lipinski definition) is 6. The van der Waals surface area contributed by atoms with Crippen LogP contribution in [0.15, 0.2) is 57.8 Å². The number of phenolic OH excluding ortho intramolecular Hbond substituents is 1. The lowest BCUT2D eigenvalue weighted by atomic mass is 10.0. The molecule has 0 saturated heterocycles. The van der Waals surface area contributed by atoms with Crippen LogP contribution in [-0.2, 0) is 16.4 Å². The van der Waals surface area contributed by atoms with E-state index in [4.69, 9.17) is 9.15 Å². The maximum Gasteiger partial charge on any atom is 0.291 e. The van der Waals surface area contributed by atoms with Crippen molar-refractivity contribution in [3.63, 3.8) is 0 Å². The van der Waals surface area contributed by atoms with Crippen molar-refractivity contribution in [2.45, 2.75) is 45.1 Å². The Morgan fingerprint density at radius 3 is 2.56 bits per heavy atom. The Hall–Kier alpha value is -3.26. The molecule has 3 aromatic rings. The Morgan fingerprint density at radius 1 is 1.12 bits per heavy atom. The van der Waals surface area contributed by atoms with Gasteiger partial charge in [-0.25, -0.2) is 8.42 Å². The van der Waals surface area contributed by atoms with Crippen molar-refractivity contribution in [2.75, 3.05) is 11.1 Å². The Morgan fingerprint density at radius 2 is 1.88 bits per heavy atom. The van der Waals surface area contributed by atoms with Gasteiger partial charge in [-0.05, 0) is 60.4 Å². The monoisotopic (exact) mass is 457 g/mol. The van der Waals surface area contributed by atoms with Crippen molar-refractivity contribution >= 4 is 21.4 Å². The highest BCUT2D eigenvalue weighted by Crippen LogP contribution is 2.29. The molecule has 7 nitrogen and oxygen atoms in total. The van der Waals surface area contributed by atoms with Gasteiger partial charge in [0.05, 0.1) is 16.3 Å². The second-order valence-corrected chi connectivity index (χ2v) is 10.1. The number of furan rings is 1. The zero-order valence-corrected chi connectivity index (χ0v) is 19.3. The fraction of sp³-hybridized carbons (Fsp3) is 0.292. The molecule has 2 aromatic carbocycles. The van der Waals surface area contributed by atoms with Gasteiger partial charge in [-0.3, -0.25) is 4.79 Å². The molecule has 1 amide bonds. The average Bonchev–Trinajstić information content (AvgIpc) is 3.22. The van der Waals surface area contributed by atoms with Gasteiger partial charge in [0.2, 0.25) is 0 Å². The van der Waals surface area contributed by atoms with Crippen molar-refractivity contribution in [3.8, 4) is 11.5 Å². The van der Waals surface area contributed by atoms with Gasteiger partial charge in [0, 0.05) is 0 Å². The summed E-state index contributed by atoms with van der Waals surface area (Å²) >= 11 is 0. The molecule has 1 heterocycles. The lowest BCUT2D eigenvalue weighted by molar-refractivity contribution is 0.0992. The molecule has 8 heteroatoms. The van der Waals surface area contributed by atoms with E-state index in [1.807, 2.05) is 25.1 Å². The first kappa shape index (κ1) is 23.4. The van der Waals surface area contributed by atoms with Crippen LogP contribution < -0.4 is 10.1 Å². The fourth-order valence-corrected chi connectivity index (χ4v) is 4.04.